The molecule has 3 aromatic rings. The van der Waals surface area contributed by atoms with Gasteiger partial charge in [0.05, 0.1) is 28.4 Å². The van der Waals surface area contributed by atoms with Gasteiger partial charge in [0.15, 0.2) is 5.52 Å². The standard InChI is InChI=1S/C11H9N5O3S/c1-6-9(20-5-13-6)4-12-7-2-3-8(16(17)18)11-10(7)14-19-15-11/h2-3,5,12H,4H2,1H3. The number of benzene rings is 1. The molecule has 9 heteroatoms. The minimum Gasteiger partial charge on any atom is -0.378 e. The molecule has 102 valence electrons. The number of hydrogen-bond donors (Lipinski definition) is 1. The fraction of sp³-hybridized carbons (Fsp3) is 0.182. The summed E-state index contributed by atoms with van der Waals surface area (Å²) < 4.78 is 4.60. The van der Waals surface area contributed by atoms with E-state index in [1.54, 1.807) is 22.9 Å². The van der Waals surface area contributed by atoms with Crippen molar-refractivity contribution in [2.75, 3.05) is 5.32 Å². The maximum absolute atomic E-state index is 10.9. The third-order valence-corrected chi connectivity index (χ3v) is 3.81. The fourth-order valence-electron chi connectivity index (χ4n) is 1.81. The number of nitro benzene ring substituents is 1. The van der Waals surface area contributed by atoms with Crippen molar-refractivity contribution in [3.05, 3.63) is 38.3 Å². The monoisotopic (exact) mass is 291 g/mol. The van der Waals surface area contributed by atoms with Crippen LogP contribution in [0.15, 0.2) is 22.3 Å². The third kappa shape index (κ3) is 2.07. The summed E-state index contributed by atoms with van der Waals surface area (Å²) in [6, 6.07) is 2.98. The van der Waals surface area contributed by atoms with E-state index < -0.39 is 4.92 Å². The van der Waals surface area contributed by atoms with E-state index in [9.17, 15) is 10.1 Å². The molecule has 0 saturated heterocycles. The Balaban J connectivity index is 1.93. The molecule has 1 aromatic carbocycles. The number of nitrogens with one attached hydrogen (secondary N) is 1. The predicted molar refractivity (Wildman–Crippen MR) is 72.6 cm³/mol. The molecule has 2 aromatic heterocycles. The minimum atomic E-state index is -0.510. The molecule has 0 amide bonds. The van der Waals surface area contributed by atoms with E-state index in [2.05, 4.69) is 25.2 Å². The molecule has 0 fully saturated rings. The van der Waals surface area contributed by atoms with Crippen molar-refractivity contribution in [3.8, 4) is 0 Å². The first-order valence-corrected chi connectivity index (χ1v) is 6.57. The molecular weight excluding hydrogens is 282 g/mol. The Hall–Kier alpha value is -2.55. The average Bonchev–Trinajstić information content (AvgIpc) is 3.04. The van der Waals surface area contributed by atoms with E-state index in [1.165, 1.54) is 6.07 Å². The quantitative estimate of drug-likeness (QED) is 0.581. The predicted octanol–water partition coefficient (Wildman–Crippen LogP) is 2.51. The number of hydrogen-bond acceptors (Lipinski definition) is 8. The van der Waals surface area contributed by atoms with Gasteiger partial charge < -0.3 is 5.32 Å². The smallest absolute Gasteiger partial charge is 0.300 e. The topological polar surface area (TPSA) is 107 Å². The molecular formula is C11H9N5O3S. The van der Waals surface area contributed by atoms with Gasteiger partial charge in [-0.05, 0) is 23.3 Å². The average molecular weight is 291 g/mol. The van der Waals surface area contributed by atoms with E-state index in [-0.39, 0.29) is 11.2 Å². The summed E-state index contributed by atoms with van der Waals surface area (Å²) in [6.45, 7) is 2.49. The first-order valence-electron chi connectivity index (χ1n) is 5.69. The van der Waals surface area contributed by atoms with E-state index in [0.717, 1.165) is 10.6 Å². The molecule has 0 aliphatic heterocycles. The van der Waals surface area contributed by atoms with Gasteiger partial charge in [-0.1, -0.05) is 0 Å². The molecule has 0 radical (unpaired) electrons. The molecule has 1 N–H and O–H groups in total. The van der Waals surface area contributed by atoms with E-state index >= 15 is 0 Å². The van der Waals surface area contributed by atoms with Gasteiger partial charge >= 0.3 is 5.69 Å². The van der Waals surface area contributed by atoms with Crippen LogP contribution in [0.25, 0.3) is 11.0 Å². The zero-order valence-corrected chi connectivity index (χ0v) is 11.2. The second kappa shape index (κ2) is 4.85. The van der Waals surface area contributed by atoms with Crippen LogP contribution < -0.4 is 5.32 Å². The van der Waals surface area contributed by atoms with Crippen LogP contribution in [-0.2, 0) is 6.54 Å². The van der Waals surface area contributed by atoms with Gasteiger partial charge in [-0.15, -0.1) is 11.3 Å². The normalized spacial score (nSPS) is 10.8. The maximum atomic E-state index is 10.9. The van der Waals surface area contributed by atoms with Crippen LogP contribution in [0, 0.1) is 17.0 Å². The summed E-state index contributed by atoms with van der Waals surface area (Å²) in [5.74, 6) is 0. The second-order valence-electron chi connectivity index (χ2n) is 4.07. The maximum Gasteiger partial charge on any atom is 0.300 e. The Morgan fingerprint density at radius 2 is 2.20 bits per heavy atom. The Kier molecular flexibility index (Phi) is 3.03. The molecule has 2 heterocycles. The van der Waals surface area contributed by atoms with Crippen molar-refractivity contribution in [1.29, 1.82) is 0 Å². The van der Waals surface area contributed by atoms with Crippen molar-refractivity contribution in [2.45, 2.75) is 13.5 Å². The molecule has 20 heavy (non-hydrogen) atoms. The number of fused-ring (bicyclic) bond motifs is 1. The molecule has 0 unspecified atom stereocenters. The Morgan fingerprint density at radius 3 is 2.90 bits per heavy atom. The van der Waals surface area contributed by atoms with E-state index in [4.69, 9.17) is 0 Å². The number of thiazole rings is 1. The van der Waals surface area contributed by atoms with Crippen LogP contribution in [0.4, 0.5) is 11.4 Å². The van der Waals surface area contributed by atoms with Crippen molar-refractivity contribution in [1.82, 2.24) is 15.3 Å². The fourth-order valence-corrected chi connectivity index (χ4v) is 2.53. The number of nitro groups is 1. The highest BCUT2D eigenvalue weighted by molar-refractivity contribution is 7.09. The highest BCUT2D eigenvalue weighted by Gasteiger charge is 2.19. The van der Waals surface area contributed by atoms with Crippen LogP contribution >= 0.6 is 11.3 Å². The lowest BCUT2D eigenvalue weighted by Gasteiger charge is -2.05. The van der Waals surface area contributed by atoms with Gasteiger partial charge in [-0.3, -0.25) is 10.1 Å². The molecule has 0 atom stereocenters. The van der Waals surface area contributed by atoms with Crippen LogP contribution in [-0.4, -0.2) is 20.2 Å². The van der Waals surface area contributed by atoms with Crippen LogP contribution in [0.2, 0.25) is 0 Å². The van der Waals surface area contributed by atoms with Crippen LogP contribution in [0.3, 0.4) is 0 Å². The van der Waals surface area contributed by atoms with Crippen LogP contribution in [0.5, 0.6) is 0 Å². The Labute approximate surface area is 116 Å². The SMILES string of the molecule is Cc1ncsc1CNc1ccc([N+](=O)[O-])c2nonc12. The third-order valence-electron chi connectivity index (χ3n) is 2.88. The summed E-state index contributed by atoms with van der Waals surface area (Å²) in [7, 11) is 0. The molecule has 0 aliphatic rings. The van der Waals surface area contributed by atoms with Crippen molar-refractivity contribution in [3.63, 3.8) is 0 Å². The van der Waals surface area contributed by atoms with Gasteiger partial charge in [0, 0.05) is 10.9 Å². The number of rotatable bonds is 4. The van der Waals surface area contributed by atoms with Gasteiger partial charge in [-0.25, -0.2) is 9.61 Å². The number of aryl methyl sites for hydroxylation is 1. The van der Waals surface area contributed by atoms with Gasteiger partial charge in [-0.2, -0.15) is 0 Å². The van der Waals surface area contributed by atoms with Crippen LogP contribution in [0.1, 0.15) is 10.6 Å². The highest BCUT2D eigenvalue weighted by atomic mass is 32.1. The lowest BCUT2D eigenvalue weighted by atomic mass is 10.2. The molecule has 3 rings (SSSR count). The summed E-state index contributed by atoms with van der Waals surface area (Å²) in [5, 5.41) is 21.4. The van der Waals surface area contributed by atoms with Crippen molar-refractivity contribution in [2.24, 2.45) is 0 Å². The summed E-state index contributed by atoms with van der Waals surface area (Å²) in [4.78, 5) is 15.6. The summed E-state index contributed by atoms with van der Waals surface area (Å²) in [6.07, 6.45) is 0. The second-order valence-corrected chi connectivity index (χ2v) is 5.00. The zero-order chi connectivity index (χ0) is 14.1. The number of anilines is 1. The Morgan fingerprint density at radius 1 is 1.40 bits per heavy atom. The van der Waals surface area contributed by atoms with E-state index in [1.807, 2.05) is 6.92 Å². The van der Waals surface area contributed by atoms with Crippen molar-refractivity contribution >= 4 is 33.7 Å². The largest absolute Gasteiger partial charge is 0.378 e. The first-order chi connectivity index (χ1) is 9.66. The number of aromatic nitrogens is 3. The number of nitrogens with zero attached hydrogens (tertiary/aromatic N) is 4. The lowest BCUT2D eigenvalue weighted by Crippen LogP contribution is -2.00. The molecule has 0 saturated carbocycles. The lowest BCUT2D eigenvalue weighted by molar-refractivity contribution is -0.383. The molecule has 0 bridgehead atoms. The van der Waals surface area contributed by atoms with Gasteiger partial charge in [0.25, 0.3) is 0 Å². The Bertz CT molecular complexity index is 781. The highest BCUT2D eigenvalue weighted by Crippen LogP contribution is 2.29. The first kappa shape index (κ1) is 12.5. The summed E-state index contributed by atoms with van der Waals surface area (Å²) in [5.41, 5.74) is 3.73. The van der Waals surface area contributed by atoms with Crippen molar-refractivity contribution < 1.29 is 9.55 Å². The number of non-ortho nitro benzene ring substituents is 1. The molecule has 0 spiro atoms. The summed E-state index contributed by atoms with van der Waals surface area (Å²) >= 11 is 1.54. The minimum absolute atomic E-state index is 0.124. The zero-order valence-electron chi connectivity index (χ0n) is 10.4. The van der Waals surface area contributed by atoms with Gasteiger partial charge in [0.1, 0.15) is 0 Å². The molecule has 0 aliphatic carbocycles. The molecule has 8 nitrogen and oxygen atoms in total. The van der Waals surface area contributed by atoms with E-state index in [0.29, 0.717) is 17.7 Å². The van der Waals surface area contributed by atoms with Gasteiger partial charge in [0.2, 0.25) is 5.52 Å².